The van der Waals surface area contributed by atoms with Crippen LogP contribution in [0.15, 0.2) is 24.3 Å². The third-order valence-electron chi connectivity index (χ3n) is 2.09. The molecule has 0 saturated carbocycles. The first-order chi connectivity index (χ1) is 6.68. The van der Waals surface area contributed by atoms with Crippen LogP contribution in [0.2, 0.25) is 0 Å². The van der Waals surface area contributed by atoms with Crippen LogP contribution in [0.1, 0.15) is 22.0 Å². The van der Waals surface area contributed by atoms with Crippen LogP contribution < -0.4 is 0 Å². The third-order valence-corrected chi connectivity index (χ3v) is 2.09. The number of ether oxygens (including phenoxy) is 1. The summed E-state index contributed by atoms with van der Waals surface area (Å²) in [5.74, 6) is -0.479. The average molecular weight is 193 g/mol. The van der Waals surface area contributed by atoms with Gasteiger partial charge in [-0.3, -0.25) is 10.1 Å². The Morgan fingerprint density at radius 3 is 2.86 bits per heavy atom. The van der Waals surface area contributed by atoms with Crippen molar-refractivity contribution >= 4 is 5.97 Å². The second kappa shape index (κ2) is 3.10. The minimum absolute atomic E-state index is 0.372. The molecule has 14 heavy (non-hydrogen) atoms. The van der Waals surface area contributed by atoms with E-state index in [4.69, 9.17) is 4.74 Å². The fourth-order valence-corrected chi connectivity index (χ4v) is 1.49. The Morgan fingerprint density at radius 2 is 2.14 bits per heavy atom. The molecular formula is C9H7NO4. The van der Waals surface area contributed by atoms with E-state index in [1.807, 2.05) is 0 Å². The highest BCUT2D eigenvalue weighted by molar-refractivity contribution is 5.93. The minimum atomic E-state index is -0.728. The topological polar surface area (TPSA) is 69.4 Å². The molecule has 0 aliphatic carbocycles. The summed E-state index contributed by atoms with van der Waals surface area (Å²) in [6, 6.07) is 6.72. The summed E-state index contributed by atoms with van der Waals surface area (Å²) in [4.78, 5) is 21.0. The van der Waals surface area contributed by atoms with Crippen LogP contribution in [0.3, 0.4) is 0 Å². The van der Waals surface area contributed by atoms with Gasteiger partial charge in [-0.1, -0.05) is 18.2 Å². The van der Waals surface area contributed by atoms with E-state index in [0.29, 0.717) is 11.1 Å². The molecule has 5 nitrogen and oxygen atoms in total. The number of cyclic esters (lactones) is 1. The molecule has 1 aromatic rings. The third kappa shape index (κ3) is 1.32. The summed E-state index contributed by atoms with van der Waals surface area (Å²) >= 11 is 0. The molecule has 0 bridgehead atoms. The van der Waals surface area contributed by atoms with E-state index in [1.54, 1.807) is 24.3 Å². The Bertz CT molecular complexity index is 400. The molecule has 1 aromatic carbocycles. The molecule has 0 fully saturated rings. The summed E-state index contributed by atoms with van der Waals surface area (Å²) in [6.07, 6.45) is -0.728. The van der Waals surface area contributed by atoms with Gasteiger partial charge in [-0.25, -0.2) is 4.79 Å². The van der Waals surface area contributed by atoms with Gasteiger partial charge in [0.25, 0.3) is 0 Å². The lowest BCUT2D eigenvalue weighted by atomic mass is 10.1. The second-order valence-corrected chi connectivity index (χ2v) is 3.00. The number of esters is 1. The number of hydrogen-bond donors (Lipinski definition) is 0. The van der Waals surface area contributed by atoms with Gasteiger partial charge in [-0.05, 0) is 6.07 Å². The molecule has 1 aliphatic rings. The normalized spacial score (nSPS) is 18.9. The summed E-state index contributed by atoms with van der Waals surface area (Å²) in [6.45, 7) is -0.372. The highest BCUT2D eigenvalue weighted by Gasteiger charge is 2.33. The zero-order valence-electron chi connectivity index (χ0n) is 7.17. The van der Waals surface area contributed by atoms with Crippen LogP contribution in [0.5, 0.6) is 0 Å². The molecule has 0 aromatic heterocycles. The van der Waals surface area contributed by atoms with Crippen molar-refractivity contribution in [3.05, 3.63) is 45.5 Å². The molecule has 0 saturated heterocycles. The first-order valence-corrected chi connectivity index (χ1v) is 4.10. The van der Waals surface area contributed by atoms with Crippen molar-refractivity contribution in [2.75, 3.05) is 6.54 Å². The fourth-order valence-electron chi connectivity index (χ4n) is 1.49. The molecular weight excluding hydrogens is 186 g/mol. The lowest BCUT2D eigenvalue weighted by molar-refractivity contribution is -0.490. The van der Waals surface area contributed by atoms with Crippen molar-refractivity contribution in [3.63, 3.8) is 0 Å². The van der Waals surface area contributed by atoms with Crippen molar-refractivity contribution in [1.29, 1.82) is 0 Å². The first-order valence-electron chi connectivity index (χ1n) is 4.10. The maximum atomic E-state index is 11.2. The fraction of sp³-hybridized carbons (Fsp3) is 0.222. The van der Waals surface area contributed by atoms with E-state index in [0.717, 1.165) is 0 Å². The van der Waals surface area contributed by atoms with Crippen LogP contribution in [-0.2, 0) is 4.74 Å². The van der Waals surface area contributed by atoms with Gasteiger partial charge in [-0.2, -0.15) is 0 Å². The predicted octanol–water partition coefficient (Wildman–Crippen LogP) is 1.17. The minimum Gasteiger partial charge on any atom is -0.447 e. The lowest BCUT2D eigenvalue weighted by Gasteiger charge is -2.03. The van der Waals surface area contributed by atoms with E-state index < -0.39 is 17.0 Å². The zero-order valence-corrected chi connectivity index (χ0v) is 7.17. The largest absolute Gasteiger partial charge is 0.447 e. The highest BCUT2D eigenvalue weighted by atomic mass is 16.6. The number of nitro groups is 1. The molecule has 0 unspecified atom stereocenters. The van der Waals surface area contributed by atoms with Gasteiger partial charge in [0, 0.05) is 10.5 Å². The predicted molar refractivity (Wildman–Crippen MR) is 46.5 cm³/mol. The Kier molecular flexibility index (Phi) is 1.92. The van der Waals surface area contributed by atoms with Gasteiger partial charge in [0.05, 0.1) is 5.56 Å². The molecule has 1 atom stereocenters. The molecule has 0 N–H and O–H groups in total. The van der Waals surface area contributed by atoms with Crippen molar-refractivity contribution in [3.8, 4) is 0 Å². The molecule has 0 spiro atoms. The number of hydrogen-bond acceptors (Lipinski definition) is 4. The summed E-state index contributed by atoms with van der Waals surface area (Å²) in [7, 11) is 0. The maximum Gasteiger partial charge on any atom is 0.339 e. The van der Waals surface area contributed by atoms with Crippen LogP contribution in [0, 0.1) is 10.1 Å². The van der Waals surface area contributed by atoms with Crippen LogP contribution in [0.25, 0.3) is 0 Å². The Morgan fingerprint density at radius 1 is 1.43 bits per heavy atom. The van der Waals surface area contributed by atoms with Gasteiger partial charge in [-0.15, -0.1) is 0 Å². The van der Waals surface area contributed by atoms with E-state index in [2.05, 4.69) is 0 Å². The van der Waals surface area contributed by atoms with Crippen molar-refractivity contribution < 1.29 is 14.5 Å². The van der Waals surface area contributed by atoms with Crippen molar-refractivity contribution in [2.24, 2.45) is 0 Å². The van der Waals surface area contributed by atoms with E-state index in [9.17, 15) is 14.9 Å². The van der Waals surface area contributed by atoms with Crippen LogP contribution in [-0.4, -0.2) is 17.4 Å². The number of carbonyl (C=O) groups is 1. The molecule has 72 valence electrons. The Balaban J connectivity index is 2.34. The van der Waals surface area contributed by atoms with Crippen molar-refractivity contribution in [1.82, 2.24) is 0 Å². The monoisotopic (exact) mass is 193 g/mol. The molecule has 2 rings (SSSR count). The number of fused-ring (bicyclic) bond motifs is 1. The van der Waals surface area contributed by atoms with Crippen molar-refractivity contribution in [2.45, 2.75) is 6.10 Å². The average Bonchev–Trinajstić information content (AvgIpc) is 2.44. The maximum absolute atomic E-state index is 11.2. The van der Waals surface area contributed by atoms with E-state index in [1.165, 1.54) is 0 Å². The van der Waals surface area contributed by atoms with Gasteiger partial charge >= 0.3 is 5.97 Å². The number of carbonyl (C=O) groups excluding carboxylic acids is 1. The van der Waals surface area contributed by atoms with Gasteiger partial charge in [0.15, 0.2) is 6.10 Å². The summed E-state index contributed by atoms with van der Waals surface area (Å²) in [5, 5.41) is 10.3. The van der Waals surface area contributed by atoms with E-state index in [-0.39, 0.29) is 6.54 Å². The van der Waals surface area contributed by atoms with Gasteiger partial charge in [0.1, 0.15) is 0 Å². The van der Waals surface area contributed by atoms with Crippen LogP contribution in [0.4, 0.5) is 0 Å². The molecule has 5 heteroatoms. The zero-order chi connectivity index (χ0) is 10.1. The smallest absolute Gasteiger partial charge is 0.339 e. The van der Waals surface area contributed by atoms with E-state index >= 15 is 0 Å². The summed E-state index contributed by atoms with van der Waals surface area (Å²) < 4.78 is 4.86. The Labute approximate surface area is 79.4 Å². The number of nitrogens with zero attached hydrogens (tertiary/aromatic N) is 1. The molecule has 1 heterocycles. The van der Waals surface area contributed by atoms with Gasteiger partial charge in [0.2, 0.25) is 6.54 Å². The van der Waals surface area contributed by atoms with Crippen LogP contribution >= 0.6 is 0 Å². The highest BCUT2D eigenvalue weighted by Crippen LogP contribution is 2.29. The molecule has 1 aliphatic heterocycles. The quantitative estimate of drug-likeness (QED) is 0.401. The SMILES string of the molecule is O=C1O[C@@H](C[N+](=O)[O-])c2ccccc21. The number of benzene rings is 1. The molecule has 0 radical (unpaired) electrons. The standard InChI is InChI=1S/C9H7NO4/c11-9-7-4-2-1-3-6(7)8(14-9)5-10(12)13/h1-4,8H,5H2/t8-/m0/s1. The first kappa shape index (κ1) is 8.68. The summed E-state index contributed by atoms with van der Waals surface area (Å²) in [5.41, 5.74) is 1.04. The molecule has 0 amide bonds. The lowest BCUT2D eigenvalue weighted by Crippen LogP contribution is -2.12. The second-order valence-electron chi connectivity index (χ2n) is 3.00. The van der Waals surface area contributed by atoms with Gasteiger partial charge < -0.3 is 4.74 Å². The Hall–Kier alpha value is -1.91. The number of rotatable bonds is 2.